The minimum atomic E-state index is 0.106. The Hall–Kier alpha value is -1.33. The van der Waals surface area contributed by atoms with Crippen LogP contribution in [0.5, 0.6) is 5.75 Å². The SMILES string of the molecule is CCn1cc(COc2ccc(Br)cc2CC(C)N)cn1. The lowest BCUT2D eigenvalue weighted by molar-refractivity contribution is 0.302. The first-order valence-electron chi connectivity index (χ1n) is 6.76. The third-order valence-corrected chi connectivity index (χ3v) is 3.46. The van der Waals surface area contributed by atoms with Crippen LogP contribution >= 0.6 is 15.9 Å². The van der Waals surface area contributed by atoms with E-state index in [-0.39, 0.29) is 6.04 Å². The summed E-state index contributed by atoms with van der Waals surface area (Å²) in [4.78, 5) is 0. The van der Waals surface area contributed by atoms with E-state index in [4.69, 9.17) is 10.5 Å². The lowest BCUT2D eigenvalue weighted by Crippen LogP contribution is -2.18. The van der Waals surface area contributed by atoms with E-state index in [1.807, 2.05) is 36.1 Å². The molecular formula is C15H20BrN3O. The smallest absolute Gasteiger partial charge is 0.123 e. The summed E-state index contributed by atoms with van der Waals surface area (Å²) >= 11 is 3.49. The lowest BCUT2D eigenvalue weighted by atomic mass is 10.1. The zero-order valence-electron chi connectivity index (χ0n) is 11.8. The Morgan fingerprint density at radius 2 is 2.25 bits per heavy atom. The van der Waals surface area contributed by atoms with Crippen molar-refractivity contribution in [3.05, 3.63) is 46.2 Å². The van der Waals surface area contributed by atoms with E-state index in [2.05, 4.69) is 34.0 Å². The van der Waals surface area contributed by atoms with Gasteiger partial charge in [0.2, 0.25) is 0 Å². The molecule has 108 valence electrons. The Kier molecular flexibility index (Phi) is 5.20. The summed E-state index contributed by atoms with van der Waals surface area (Å²) in [5.41, 5.74) is 8.08. The van der Waals surface area contributed by atoms with Crippen molar-refractivity contribution in [1.82, 2.24) is 9.78 Å². The van der Waals surface area contributed by atoms with Gasteiger partial charge in [-0.15, -0.1) is 0 Å². The van der Waals surface area contributed by atoms with Gasteiger partial charge in [-0.3, -0.25) is 4.68 Å². The van der Waals surface area contributed by atoms with Crippen molar-refractivity contribution in [2.24, 2.45) is 5.73 Å². The Balaban J connectivity index is 2.08. The minimum Gasteiger partial charge on any atom is -0.489 e. The lowest BCUT2D eigenvalue weighted by Gasteiger charge is -2.13. The van der Waals surface area contributed by atoms with E-state index in [1.54, 1.807) is 0 Å². The molecule has 0 spiro atoms. The van der Waals surface area contributed by atoms with Crippen LogP contribution in [0.15, 0.2) is 35.1 Å². The van der Waals surface area contributed by atoms with Crippen molar-refractivity contribution >= 4 is 15.9 Å². The molecule has 1 aromatic carbocycles. The molecule has 20 heavy (non-hydrogen) atoms. The molecule has 1 unspecified atom stereocenters. The summed E-state index contributed by atoms with van der Waals surface area (Å²) in [5.74, 6) is 0.884. The summed E-state index contributed by atoms with van der Waals surface area (Å²) in [7, 11) is 0. The summed E-state index contributed by atoms with van der Waals surface area (Å²) in [6, 6.07) is 6.13. The Bertz CT molecular complexity index is 566. The topological polar surface area (TPSA) is 53.1 Å². The molecule has 0 saturated carbocycles. The molecule has 0 aliphatic carbocycles. The van der Waals surface area contributed by atoms with Gasteiger partial charge in [0.25, 0.3) is 0 Å². The summed E-state index contributed by atoms with van der Waals surface area (Å²) in [6.45, 7) is 5.45. The van der Waals surface area contributed by atoms with Gasteiger partial charge in [0.15, 0.2) is 0 Å². The quantitative estimate of drug-likeness (QED) is 0.880. The van der Waals surface area contributed by atoms with Gasteiger partial charge in [0.1, 0.15) is 12.4 Å². The van der Waals surface area contributed by atoms with Gasteiger partial charge in [0, 0.05) is 28.8 Å². The predicted molar refractivity (Wildman–Crippen MR) is 83.7 cm³/mol. The molecular weight excluding hydrogens is 318 g/mol. The first kappa shape index (κ1) is 15.1. The van der Waals surface area contributed by atoms with Crippen LogP contribution in [0.1, 0.15) is 25.0 Å². The van der Waals surface area contributed by atoms with E-state index < -0.39 is 0 Å². The number of aryl methyl sites for hydroxylation is 1. The Labute approximate surface area is 128 Å². The number of halogens is 1. The third-order valence-electron chi connectivity index (χ3n) is 2.97. The van der Waals surface area contributed by atoms with E-state index in [0.717, 1.165) is 34.3 Å². The molecule has 2 aromatic rings. The number of nitrogens with zero attached hydrogens (tertiary/aromatic N) is 2. The number of nitrogens with two attached hydrogens (primary N) is 1. The van der Waals surface area contributed by atoms with Crippen molar-refractivity contribution < 1.29 is 4.74 Å². The summed E-state index contributed by atoms with van der Waals surface area (Å²) < 4.78 is 8.84. The molecule has 2 N–H and O–H groups in total. The molecule has 1 atom stereocenters. The van der Waals surface area contributed by atoms with Crippen molar-refractivity contribution in [3.63, 3.8) is 0 Å². The van der Waals surface area contributed by atoms with Crippen LogP contribution in [0.25, 0.3) is 0 Å². The maximum atomic E-state index is 5.91. The van der Waals surface area contributed by atoms with Gasteiger partial charge in [-0.05, 0) is 44.0 Å². The number of aromatic nitrogens is 2. The highest BCUT2D eigenvalue weighted by atomic mass is 79.9. The van der Waals surface area contributed by atoms with Crippen LogP contribution in [0.4, 0.5) is 0 Å². The molecule has 4 nitrogen and oxygen atoms in total. The monoisotopic (exact) mass is 337 g/mol. The van der Waals surface area contributed by atoms with Gasteiger partial charge < -0.3 is 10.5 Å². The summed E-state index contributed by atoms with van der Waals surface area (Å²) in [6.07, 6.45) is 4.64. The van der Waals surface area contributed by atoms with Gasteiger partial charge >= 0.3 is 0 Å². The number of ether oxygens (including phenoxy) is 1. The first-order valence-corrected chi connectivity index (χ1v) is 7.56. The molecule has 0 radical (unpaired) electrons. The average molecular weight is 338 g/mol. The van der Waals surface area contributed by atoms with Crippen molar-refractivity contribution in [3.8, 4) is 5.75 Å². The van der Waals surface area contributed by atoms with Crippen molar-refractivity contribution in [2.75, 3.05) is 0 Å². The number of hydrogen-bond acceptors (Lipinski definition) is 3. The van der Waals surface area contributed by atoms with Crippen LogP contribution < -0.4 is 10.5 Å². The van der Waals surface area contributed by atoms with Crippen molar-refractivity contribution in [2.45, 2.75) is 39.5 Å². The normalized spacial score (nSPS) is 12.4. The molecule has 5 heteroatoms. The number of hydrogen-bond donors (Lipinski definition) is 1. The summed E-state index contributed by atoms with van der Waals surface area (Å²) in [5, 5.41) is 4.24. The first-order chi connectivity index (χ1) is 9.58. The van der Waals surface area contributed by atoms with E-state index in [1.165, 1.54) is 0 Å². The van der Waals surface area contributed by atoms with Gasteiger partial charge in [-0.1, -0.05) is 15.9 Å². The molecule has 0 amide bonds. The van der Waals surface area contributed by atoms with Gasteiger partial charge in [-0.2, -0.15) is 5.10 Å². The molecule has 0 aliphatic rings. The van der Waals surface area contributed by atoms with Crippen LogP contribution in [-0.2, 0) is 19.6 Å². The predicted octanol–water partition coefficient (Wildman–Crippen LogP) is 3.13. The van der Waals surface area contributed by atoms with Crippen LogP contribution in [0.3, 0.4) is 0 Å². The highest BCUT2D eigenvalue weighted by molar-refractivity contribution is 9.10. The van der Waals surface area contributed by atoms with E-state index >= 15 is 0 Å². The van der Waals surface area contributed by atoms with Crippen LogP contribution in [-0.4, -0.2) is 15.8 Å². The van der Waals surface area contributed by atoms with Crippen LogP contribution in [0, 0.1) is 0 Å². The molecule has 0 fully saturated rings. The maximum Gasteiger partial charge on any atom is 0.123 e. The second-order valence-corrected chi connectivity index (χ2v) is 5.84. The van der Waals surface area contributed by atoms with Gasteiger partial charge in [-0.25, -0.2) is 0 Å². The Morgan fingerprint density at radius 3 is 2.90 bits per heavy atom. The number of rotatable bonds is 6. The average Bonchev–Trinajstić information content (AvgIpc) is 2.85. The largest absolute Gasteiger partial charge is 0.489 e. The molecule has 0 bridgehead atoms. The molecule has 2 rings (SSSR count). The molecule has 0 saturated heterocycles. The van der Waals surface area contributed by atoms with Gasteiger partial charge in [0.05, 0.1) is 6.20 Å². The highest BCUT2D eigenvalue weighted by Crippen LogP contribution is 2.25. The fourth-order valence-corrected chi connectivity index (χ4v) is 2.42. The zero-order valence-corrected chi connectivity index (χ0v) is 13.4. The second kappa shape index (κ2) is 6.90. The molecule has 1 aromatic heterocycles. The van der Waals surface area contributed by atoms with Crippen molar-refractivity contribution in [1.29, 1.82) is 0 Å². The Morgan fingerprint density at radius 1 is 1.45 bits per heavy atom. The minimum absolute atomic E-state index is 0.106. The fourth-order valence-electron chi connectivity index (χ4n) is 2.01. The molecule has 0 aliphatic heterocycles. The number of benzene rings is 1. The molecule has 1 heterocycles. The second-order valence-electron chi connectivity index (χ2n) is 4.93. The zero-order chi connectivity index (χ0) is 14.5. The standard InChI is InChI=1S/C15H20BrN3O/c1-3-19-9-12(8-18-19)10-20-15-5-4-14(16)7-13(15)6-11(2)17/h4-5,7-9,11H,3,6,10,17H2,1-2H3. The van der Waals surface area contributed by atoms with Crippen LogP contribution in [0.2, 0.25) is 0 Å². The van der Waals surface area contributed by atoms with E-state index in [9.17, 15) is 0 Å². The maximum absolute atomic E-state index is 5.91. The van der Waals surface area contributed by atoms with E-state index in [0.29, 0.717) is 6.61 Å². The highest BCUT2D eigenvalue weighted by Gasteiger charge is 2.08. The fraction of sp³-hybridized carbons (Fsp3) is 0.400. The third kappa shape index (κ3) is 4.08.